The SMILES string of the molecule is NCCOCCOCCC[C@H]1O[C@H](CO)[C@H](O)[C@H](O)[C@H]1CC(N)=O. The molecule has 1 amide bonds. The van der Waals surface area contributed by atoms with Gasteiger partial charge in [0.05, 0.1) is 38.6 Å². The van der Waals surface area contributed by atoms with E-state index >= 15 is 0 Å². The molecule has 1 aliphatic rings. The highest BCUT2D eigenvalue weighted by atomic mass is 16.5. The lowest BCUT2D eigenvalue weighted by Gasteiger charge is -2.42. The lowest BCUT2D eigenvalue weighted by atomic mass is 9.82. The summed E-state index contributed by atoms with van der Waals surface area (Å²) >= 11 is 0. The van der Waals surface area contributed by atoms with Crippen molar-refractivity contribution in [3.8, 4) is 0 Å². The maximum absolute atomic E-state index is 11.2. The van der Waals surface area contributed by atoms with Crippen LogP contribution in [-0.4, -0.2) is 85.2 Å². The Morgan fingerprint density at radius 1 is 1.04 bits per heavy atom. The van der Waals surface area contributed by atoms with Gasteiger partial charge in [-0.2, -0.15) is 0 Å². The van der Waals surface area contributed by atoms with Crippen molar-refractivity contribution in [2.24, 2.45) is 17.4 Å². The Balaban J connectivity index is 2.39. The van der Waals surface area contributed by atoms with Crippen molar-refractivity contribution in [2.45, 2.75) is 43.7 Å². The van der Waals surface area contributed by atoms with E-state index in [2.05, 4.69) is 0 Å². The summed E-state index contributed by atoms with van der Waals surface area (Å²) in [6.45, 7) is 1.96. The van der Waals surface area contributed by atoms with Crippen molar-refractivity contribution in [3.63, 3.8) is 0 Å². The van der Waals surface area contributed by atoms with Gasteiger partial charge in [-0.05, 0) is 12.8 Å². The molecule has 1 aliphatic heterocycles. The van der Waals surface area contributed by atoms with E-state index in [1.54, 1.807) is 0 Å². The highest BCUT2D eigenvalue weighted by molar-refractivity contribution is 5.74. The fraction of sp³-hybridized carbons (Fsp3) is 0.933. The number of rotatable bonds is 12. The Labute approximate surface area is 141 Å². The molecule has 24 heavy (non-hydrogen) atoms. The monoisotopic (exact) mass is 350 g/mol. The third kappa shape index (κ3) is 6.98. The molecule has 1 rings (SSSR count). The number of hydrogen-bond donors (Lipinski definition) is 5. The van der Waals surface area contributed by atoms with Crippen molar-refractivity contribution in [2.75, 3.05) is 39.6 Å². The topological polar surface area (TPSA) is 157 Å². The van der Waals surface area contributed by atoms with Crippen LogP contribution < -0.4 is 11.5 Å². The van der Waals surface area contributed by atoms with E-state index < -0.39 is 42.8 Å². The van der Waals surface area contributed by atoms with Gasteiger partial charge in [-0.1, -0.05) is 0 Å². The number of carbonyl (C=O) groups is 1. The lowest BCUT2D eigenvalue weighted by Crippen LogP contribution is -2.56. The highest BCUT2D eigenvalue weighted by Crippen LogP contribution is 2.31. The van der Waals surface area contributed by atoms with Crippen molar-refractivity contribution in [1.82, 2.24) is 0 Å². The maximum Gasteiger partial charge on any atom is 0.217 e. The molecule has 0 aromatic rings. The number of ether oxygens (including phenoxy) is 3. The van der Waals surface area contributed by atoms with Crippen LogP contribution in [0, 0.1) is 5.92 Å². The van der Waals surface area contributed by atoms with Gasteiger partial charge >= 0.3 is 0 Å². The Bertz CT molecular complexity index is 359. The maximum atomic E-state index is 11.2. The molecule has 0 aromatic heterocycles. The zero-order valence-electron chi connectivity index (χ0n) is 13.9. The van der Waals surface area contributed by atoms with Gasteiger partial charge in [-0.15, -0.1) is 0 Å². The largest absolute Gasteiger partial charge is 0.394 e. The van der Waals surface area contributed by atoms with Crippen LogP contribution >= 0.6 is 0 Å². The minimum atomic E-state index is -1.24. The van der Waals surface area contributed by atoms with Crippen LogP contribution in [0.2, 0.25) is 0 Å². The zero-order valence-corrected chi connectivity index (χ0v) is 13.9. The van der Waals surface area contributed by atoms with E-state index in [0.29, 0.717) is 45.8 Å². The van der Waals surface area contributed by atoms with Crippen LogP contribution in [0.4, 0.5) is 0 Å². The Hall–Kier alpha value is -0.810. The summed E-state index contributed by atoms with van der Waals surface area (Å²) in [5.41, 5.74) is 10.5. The standard InChI is InChI=1S/C15H30N2O7/c16-3-5-23-7-6-22-4-1-2-11-10(8-13(17)19)14(20)15(21)12(9-18)24-11/h10-12,14-15,18,20-21H,1-9,16H2,(H2,17,19)/t10-,11+,12+,14+,15-/m0/s1. The number of amides is 1. The van der Waals surface area contributed by atoms with Gasteiger partial charge < -0.3 is 41.0 Å². The molecule has 0 spiro atoms. The van der Waals surface area contributed by atoms with E-state index in [1.807, 2.05) is 0 Å². The molecule has 5 atom stereocenters. The number of aliphatic hydroxyl groups excluding tert-OH is 3. The number of primary amides is 1. The third-order valence-electron chi connectivity index (χ3n) is 4.02. The number of aliphatic hydroxyl groups is 3. The van der Waals surface area contributed by atoms with Crippen LogP contribution in [0.3, 0.4) is 0 Å². The molecular weight excluding hydrogens is 320 g/mol. The second-order valence-electron chi connectivity index (χ2n) is 5.87. The molecule has 1 fully saturated rings. The normalized spacial score (nSPS) is 30.4. The Morgan fingerprint density at radius 2 is 1.71 bits per heavy atom. The van der Waals surface area contributed by atoms with Crippen molar-refractivity contribution < 1.29 is 34.3 Å². The van der Waals surface area contributed by atoms with E-state index in [9.17, 15) is 20.1 Å². The van der Waals surface area contributed by atoms with Crippen LogP contribution in [0.15, 0.2) is 0 Å². The van der Waals surface area contributed by atoms with Crippen molar-refractivity contribution in [1.29, 1.82) is 0 Å². The van der Waals surface area contributed by atoms with E-state index in [1.165, 1.54) is 0 Å². The molecule has 0 bridgehead atoms. The van der Waals surface area contributed by atoms with Crippen molar-refractivity contribution in [3.05, 3.63) is 0 Å². The summed E-state index contributed by atoms with van der Waals surface area (Å²) in [5.74, 6) is -1.18. The van der Waals surface area contributed by atoms with Crippen molar-refractivity contribution >= 4 is 5.91 Å². The Kier molecular flexibility index (Phi) is 10.3. The van der Waals surface area contributed by atoms with Gasteiger partial charge in [0, 0.05) is 25.5 Å². The molecule has 9 heteroatoms. The summed E-state index contributed by atoms with van der Waals surface area (Å²) in [6.07, 6.45) is -2.70. The average Bonchev–Trinajstić information content (AvgIpc) is 2.55. The molecule has 9 nitrogen and oxygen atoms in total. The minimum absolute atomic E-state index is 0.0885. The number of carbonyl (C=O) groups excluding carboxylic acids is 1. The molecule has 142 valence electrons. The summed E-state index contributed by atoms with van der Waals surface area (Å²) in [5, 5.41) is 29.3. The Morgan fingerprint density at radius 3 is 2.29 bits per heavy atom. The zero-order chi connectivity index (χ0) is 17.9. The van der Waals surface area contributed by atoms with Crippen LogP contribution in [0.5, 0.6) is 0 Å². The summed E-state index contributed by atoms with van der Waals surface area (Å²) < 4.78 is 16.2. The van der Waals surface area contributed by atoms with E-state index in [-0.39, 0.29) is 6.42 Å². The first kappa shape index (κ1) is 21.2. The van der Waals surface area contributed by atoms with Gasteiger partial charge in [0.15, 0.2) is 0 Å². The molecule has 0 aromatic carbocycles. The predicted molar refractivity (Wildman–Crippen MR) is 85.0 cm³/mol. The van der Waals surface area contributed by atoms with Crippen LogP contribution in [0.1, 0.15) is 19.3 Å². The molecule has 0 aliphatic carbocycles. The molecule has 1 heterocycles. The highest BCUT2D eigenvalue weighted by Gasteiger charge is 2.44. The molecule has 0 unspecified atom stereocenters. The van der Waals surface area contributed by atoms with Gasteiger partial charge in [0.1, 0.15) is 12.2 Å². The molecule has 7 N–H and O–H groups in total. The van der Waals surface area contributed by atoms with Crippen LogP contribution in [-0.2, 0) is 19.0 Å². The number of nitrogens with two attached hydrogens (primary N) is 2. The van der Waals surface area contributed by atoms with E-state index in [4.69, 9.17) is 25.7 Å². The second kappa shape index (κ2) is 11.7. The molecular formula is C15H30N2O7. The smallest absolute Gasteiger partial charge is 0.217 e. The fourth-order valence-electron chi connectivity index (χ4n) is 2.81. The molecule has 0 saturated carbocycles. The quantitative estimate of drug-likeness (QED) is 0.247. The van der Waals surface area contributed by atoms with Crippen LogP contribution in [0.25, 0.3) is 0 Å². The summed E-state index contributed by atoms with van der Waals surface area (Å²) in [7, 11) is 0. The van der Waals surface area contributed by atoms with E-state index in [0.717, 1.165) is 0 Å². The predicted octanol–water partition coefficient (Wildman–Crippen LogP) is -2.27. The van der Waals surface area contributed by atoms with Gasteiger partial charge in [-0.25, -0.2) is 0 Å². The van der Waals surface area contributed by atoms with Gasteiger partial charge in [-0.3, -0.25) is 4.79 Å². The van der Waals surface area contributed by atoms with Gasteiger partial charge in [0.2, 0.25) is 5.91 Å². The third-order valence-corrected chi connectivity index (χ3v) is 4.02. The van der Waals surface area contributed by atoms with Gasteiger partial charge in [0.25, 0.3) is 0 Å². The fourth-order valence-corrected chi connectivity index (χ4v) is 2.81. The molecule has 1 saturated heterocycles. The summed E-state index contributed by atoms with van der Waals surface area (Å²) in [4.78, 5) is 11.2. The number of hydrogen-bond acceptors (Lipinski definition) is 8. The average molecular weight is 350 g/mol. The first-order chi connectivity index (χ1) is 11.5. The lowest BCUT2D eigenvalue weighted by molar-refractivity contribution is -0.211. The first-order valence-corrected chi connectivity index (χ1v) is 8.27. The molecule has 0 radical (unpaired) electrons. The second-order valence-corrected chi connectivity index (χ2v) is 5.87. The first-order valence-electron chi connectivity index (χ1n) is 8.27. The minimum Gasteiger partial charge on any atom is -0.394 e. The summed E-state index contributed by atoms with van der Waals surface area (Å²) in [6, 6.07) is 0.